The van der Waals surface area contributed by atoms with Gasteiger partial charge in [-0.3, -0.25) is 4.79 Å². The summed E-state index contributed by atoms with van der Waals surface area (Å²) < 4.78 is 0. The van der Waals surface area contributed by atoms with Gasteiger partial charge >= 0.3 is 5.97 Å². The summed E-state index contributed by atoms with van der Waals surface area (Å²) in [5, 5.41) is 11.8. The van der Waals surface area contributed by atoms with Crippen molar-refractivity contribution in [3.63, 3.8) is 0 Å². The fraction of sp³-hybridized carbons (Fsp3) is 0. The number of amides is 1. The second-order valence-electron chi connectivity index (χ2n) is 5.20. The van der Waals surface area contributed by atoms with Gasteiger partial charge in [-0.2, -0.15) is 0 Å². The molecule has 0 saturated heterocycles. The molecule has 1 aromatic heterocycles. The van der Waals surface area contributed by atoms with E-state index in [0.717, 1.165) is 0 Å². The third-order valence-electron chi connectivity index (χ3n) is 3.45. The molecule has 25 heavy (non-hydrogen) atoms. The first-order valence-corrected chi connectivity index (χ1v) is 7.37. The number of carbonyl (C=O) groups is 2. The monoisotopic (exact) mass is 334 g/mol. The van der Waals surface area contributed by atoms with Crippen molar-refractivity contribution < 1.29 is 14.7 Å². The molecular formula is C18H14N4O3. The molecule has 0 fully saturated rings. The molecule has 0 radical (unpaired) electrons. The summed E-state index contributed by atoms with van der Waals surface area (Å²) in [6.07, 6.45) is 1.40. The van der Waals surface area contributed by atoms with Gasteiger partial charge in [0.1, 0.15) is 0 Å². The van der Waals surface area contributed by atoms with E-state index in [2.05, 4.69) is 15.3 Å². The number of para-hydroxylation sites is 1. The minimum Gasteiger partial charge on any atom is -0.478 e. The molecule has 0 saturated carbocycles. The van der Waals surface area contributed by atoms with Gasteiger partial charge in [0.05, 0.1) is 17.5 Å². The summed E-state index contributed by atoms with van der Waals surface area (Å²) in [5.74, 6) is -1.55. The highest BCUT2D eigenvalue weighted by Crippen LogP contribution is 2.20. The molecule has 0 unspecified atom stereocenters. The lowest BCUT2D eigenvalue weighted by Crippen LogP contribution is -2.17. The average Bonchev–Trinajstić information content (AvgIpc) is 2.63. The SMILES string of the molecule is Nc1ncc(-c2cccc(C(=O)O)c2)nc1C(=O)Nc1ccccc1. The van der Waals surface area contributed by atoms with Crippen molar-refractivity contribution in [1.82, 2.24) is 9.97 Å². The van der Waals surface area contributed by atoms with E-state index >= 15 is 0 Å². The Hall–Kier alpha value is -3.74. The molecule has 124 valence electrons. The number of aromatic nitrogens is 2. The van der Waals surface area contributed by atoms with Crippen LogP contribution in [0.2, 0.25) is 0 Å². The van der Waals surface area contributed by atoms with E-state index in [1.54, 1.807) is 36.4 Å². The van der Waals surface area contributed by atoms with Crippen LogP contribution in [0.3, 0.4) is 0 Å². The largest absolute Gasteiger partial charge is 0.478 e. The van der Waals surface area contributed by atoms with Gasteiger partial charge in [-0.15, -0.1) is 0 Å². The number of nitrogens with zero attached hydrogens (tertiary/aromatic N) is 2. The Labute approximate surface area is 143 Å². The molecule has 1 amide bonds. The zero-order valence-corrected chi connectivity index (χ0v) is 13.0. The maximum Gasteiger partial charge on any atom is 0.335 e. The predicted molar refractivity (Wildman–Crippen MR) is 93.2 cm³/mol. The summed E-state index contributed by atoms with van der Waals surface area (Å²) in [7, 11) is 0. The van der Waals surface area contributed by atoms with Crippen LogP contribution in [-0.4, -0.2) is 27.0 Å². The van der Waals surface area contributed by atoms with Gasteiger partial charge in [-0.05, 0) is 24.3 Å². The highest BCUT2D eigenvalue weighted by molar-refractivity contribution is 6.06. The van der Waals surface area contributed by atoms with Gasteiger partial charge in [0, 0.05) is 11.3 Å². The Morgan fingerprint density at radius 3 is 2.52 bits per heavy atom. The van der Waals surface area contributed by atoms with Gasteiger partial charge in [0.25, 0.3) is 5.91 Å². The smallest absolute Gasteiger partial charge is 0.335 e. The zero-order valence-electron chi connectivity index (χ0n) is 13.0. The van der Waals surface area contributed by atoms with Crippen molar-refractivity contribution in [3.8, 4) is 11.3 Å². The van der Waals surface area contributed by atoms with Crippen LogP contribution in [0.25, 0.3) is 11.3 Å². The molecule has 7 nitrogen and oxygen atoms in total. The second kappa shape index (κ2) is 6.79. The van der Waals surface area contributed by atoms with Crippen LogP contribution in [0, 0.1) is 0 Å². The lowest BCUT2D eigenvalue weighted by molar-refractivity contribution is 0.0696. The van der Waals surface area contributed by atoms with Crippen molar-refractivity contribution >= 4 is 23.4 Å². The highest BCUT2D eigenvalue weighted by atomic mass is 16.4. The van der Waals surface area contributed by atoms with E-state index in [9.17, 15) is 9.59 Å². The summed E-state index contributed by atoms with van der Waals surface area (Å²) in [5.41, 5.74) is 7.35. The highest BCUT2D eigenvalue weighted by Gasteiger charge is 2.15. The number of hydrogen-bond acceptors (Lipinski definition) is 5. The first-order chi connectivity index (χ1) is 12.0. The number of nitrogens with two attached hydrogens (primary N) is 1. The first kappa shape index (κ1) is 16.1. The van der Waals surface area contributed by atoms with Crippen molar-refractivity contribution in [3.05, 3.63) is 72.1 Å². The molecule has 0 aliphatic carbocycles. The number of nitrogen functional groups attached to an aromatic ring is 1. The molecule has 0 aliphatic rings. The van der Waals surface area contributed by atoms with Crippen molar-refractivity contribution in [2.75, 3.05) is 11.1 Å². The number of benzene rings is 2. The van der Waals surface area contributed by atoms with Crippen molar-refractivity contribution in [2.45, 2.75) is 0 Å². The van der Waals surface area contributed by atoms with Crippen LogP contribution < -0.4 is 11.1 Å². The number of anilines is 2. The molecule has 0 aliphatic heterocycles. The molecule has 2 aromatic carbocycles. The van der Waals surface area contributed by atoms with Crippen LogP contribution in [0.15, 0.2) is 60.8 Å². The standard InChI is InChI=1S/C18H14N4O3/c19-16-15(17(23)21-13-7-2-1-3-8-13)22-14(10-20-16)11-5-4-6-12(9-11)18(24)25/h1-10H,(H2,19,20)(H,21,23)(H,24,25). The summed E-state index contributed by atoms with van der Waals surface area (Å²) in [4.78, 5) is 31.7. The normalized spacial score (nSPS) is 10.2. The molecule has 0 bridgehead atoms. The molecule has 3 aromatic rings. The van der Waals surface area contributed by atoms with Crippen LogP contribution >= 0.6 is 0 Å². The Morgan fingerprint density at radius 2 is 1.80 bits per heavy atom. The molecule has 1 heterocycles. The van der Waals surface area contributed by atoms with Crippen LogP contribution in [0.1, 0.15) is 20.8 Å². The number of carboxylic acid groups (broad SMARTS) is 1. The van der Waals surface area contributed by atoms with Crippen LogP contribution in [-0.2, 0) is 0 Å². The van der Waals surface area contributed by atoms with Gasteiger partial charge in [0.15, 0.2) is 11.5 Å². The molecule has 4 N–H and O–H groups in total. The zero-order chi connectivity index (χ0) is 17.8. The fourth-order valence-corrected chi connectivity index (χ4v) is 2.23. The summed E-state index contributed by atoms with van der Waals surface area (Å²) in [6, 6.07) is 15.1. The molecule has 0 atom stereocenters. The maximum absolute atomic E-state index is 12.4. The average molecular weight is 334 g/mol. The van der Waals surface area contributed by atoms with Gasteiger partial charge in [-0.1, -0.05) is 30.3 Å². The Balaban J connectivity index is 1.94. The van der Waals surface area contributed by atoms with Crippen LogP contribution in [0.5, 0.6) is 0 Å². The van der Waals surface area contributed by atoms with E-state index in [0.29, 0.717) is 16.9 Å². The Bertz CT molecular complexity index is 942. The Kier molecular flexibility index (Phi) is 4.38. The molecule has 0 spiro atoms. The Morgan fingerprint density at radius 1 is 1.04 bits per heavy atom. The van der Waals surface area contributed by atoms with E-state index in [1.807, 2.05) is 6.07 Å². The predicted octanol–water partition coefficient (Wildman–Crippen LogP) is 2.68. The summed E-state index contributed by atoms with van der Waals surface area (Å²) >= 11 is 0. The molecular weight excluding hydrogens is 320 g/mol. The van der Waals surface area contributed by atoms with E-state index in [4.69, 9.17) is 10.8 Å². The first-order valence-electron chi connectivity index (χ1n) is 7.37. The van der Waals surface area contributed by atoms with Gasteiger partial charge in [-0.25, -0.2) is 14.8 Å². The third kappa shape index (κ3) is 3.61. The quantitative estimate of drug-likeness (QED) is 0.675. The lowest BCUT2D eigenvalue weighted by Gasteiger charge is -2.08. The topological polar surface area (TPSA) is 118 Å². The fourth-order valence-electron chi connectivity index (χ4n) is 2.23. The van der Waals surface area contributed by atoms with Crippen molar-refractivity contribution in [1.29, 1.82) is 0 Å². The number of rotatable bonds is 4. The second-order valence-corrected chi connectivity index (χ2v) is 5.20. The maximum atomic E-state index is 12.4. The number of hydrogen-bond donors (Lipinski definition) is 3. The number of aromatic carboxylic acids is 1. The van der Waals surface area contributed by atoms with Crippen LogP contribution in [0.4, 0.5) is 11.5 Å². The third-order valence-corrected chi connectivity index (χ3v) is 3.45. The molecule has 7 heteroatoms. The van der Waals surface area contributed by atoms with Gasteiger partial charge < -0.3 is 16.2 Å². The summed E-state index contributed by atoms with van der Waals surface area (Å²) in [6.45, 7) is 0. The van der Waals surface area contributed by atoms with E-state index in [1.165, 1.54) is 18.3 Å². The van der Waals surface area contributed by atoms with Crippen molar-refractivity contribution in [2.24, 2.45) is 0 Å². The van der Waals surface area contributed by atoms with E-state index in [-0.39, 0.29) is 17.1 Å². The van der Waals surface area contributed by atoms with E-state index < -0.39 is 11.9 Å². The number of carboxylic acids is 1. The lowest BCUT2D eigenvalue weighted by atomic mass is 10.1. The number of nitrogens with one attached hydrogen (secondary N) is 1. The number of carbonyl (C=O) groups excluding carboxylic acids is 1. The molecule has 3 rings (SSSR count). The minimum absolute atomic E-state index is 0.00781. The minimum atomic E-state index is -1.05. The van der Waals surface area contributed by atoms with Gasteiger partial charge in [0.2, 0.25) is 0 Å².